The summed E-state index contributed by atoms with van der Waals surface area (Å²) in [6.45, 7) is 12.3. The Morgan fingerprint density at radius 1 is 1.26 bits per heavy atom. The molecule has 0 radical (unpaired) electrons. The quantitative estimate of drug-likeness (QED) is 0.296. The van der Waals surface area contributed by atoms with Gasteiger partial charge in [-0.05, 0) is 31.9 Å². The van der Waals surface area contributed by atoms with Crippen LogP contribution < -0.4 is 10.6 Å². The maximum Gasteiger partial charge on any atom is 0.191 e. The van der Waals surface area contributed by atoms with E-state index in [1.807, 2.05) is 0 Å². The Bertz CT molecular complexity index is 469. The molecular formula is C16H32N6S. The van der Waals surface area contributed by atoms with Gasteiger partial charge in [-0.3, -0.25) is 4.99 Å². The van der Waals surface area contributed by atoms with Crippen LogP contribution in [-0.2, 0) is 13.0 Å². The minimum absolute atomic E-state index is 0.593. The van der Waals surface area contributed by atoms with Crippen molar-refractivity contribution in [3.05, 3.63) is 5.82 Å². The standard InChI is InChI=1S/C16H32N6S/c1-6-10-18-15(17-7-2)19-11-8-9-14-20-21-16(23-5)22(14)12-13(3)4/h13H,6-12H2,1-5H3,(H2,17,18,19). The molecule has 0 bridgehead atoms. The molecule has 0 unspecified atom stereocenters. The third-order valence-electron chi connectivity index (χ3n) is 3.23. The average molecular weight is 341 g/mol. The molecule has 0 atom stereocenters. The Balaban J connectivity index is 2.50. The summed E-state index contributed by atoms with van der Waals surface area (Å²) in [6, 6.07) is 0. The van der Waals surface area contributed by atoms with E-state index in [1.165, 1.54) is 0 Å². The largest absolute Gasteiger partial charge is 0.357 e. The molecule has 1 aromatic rings. The van der Waals surface area contributed by atoms with Gasteiger partial charge in [-0.2, -0.15) is 0 Å². The number of guanidine groups is 1. The van der Waals surface area contributed by atoms with Crippen LogP contribution in [0.2, 0.25) is 0 Å². The summed E-state index contributed by atoms with van der Waals surface area (Å²) in [5, 5.41) is 16.3. The fraction of sp³-hybridized carbons (Fsp3) is 0.812. The van der Waals surface area contributed by atoms with E-state index in [1.54, 1.807) is 11.8 Å². The lowest BCUT2D eigenvalue weighted by Gasteiger charge is -2.13. The summed E-state index contributed by atoms with van der Waals surface area (Å²) >= 11 is 1.66. The molecule has 7 heteroatoms. The van der Waals surface area contributed by atoms with Crippen molar-refractivity contribution >= 4 is 17.7 Å². The number of aryl methyl sites for hydroxylation is 1. The number of nitrogens with one attached hydrogen (secondary N) is 2. The van der Waals surface area contributed by atoms with E-state index in [2.05, 4.69) is 64.3 Å². The van der Waals surface area contributed by atoms with Crippen LogP contribution in [0.4, 0.5) is 0 Å². The van der Waals surface area contributed by atoms with Gasteiger partial charge in [0.1, 0.15) is 5.82 Å². The molecule has 1 aromatic heterocycles. The van der Waals surface area contributed by atoms with E-state index >= 15 is 0 Å². The van der Waals surface area contributed by atoms with Crippen molar-refractivity contribution < 1.29 is 0 Å². The van der Waals surface area contributed by atoms with Crippen molar-refractivity contribution in [3.63, 3.8) is 0 Å². The topological polar surface area (TPSA) is 67.1 Å². The Kier molecular flexibility index (Phi) is 9.75. The molecule has 132 valence electrons. The molecule has 6 nitrogen and oxygen atoms in total. The second kappa shape index (κ2) is 11.3. The number of hydrogen-bond acceptors (Lipinski definition) is 4. The Hall–Kier alpha value is -1.24. The van der Waals surface area contributed by atoms with Crippen LogP contribution in [0.15, 0.2) is 10.1 Å². The fourth-order valence-corrected chi connectivity index (χ4v) is 2.74. The SMILES string of the molecule is CCCN=C(NCC)NCCCc1nnc(SC)n1CC(C)C. The van der Waals surface area contributed by atoms with Gasteiger partial charge in [-0.25, -0.2) is 0 Å². The summed E-state index contributed by atoms with van der Waals surface area (Å²) in [5.74, 6) is 2.58. The van der Waals surface area contributed by atoms with Crippen LogP contribution >= 0.6 is 11.8 Å². The minimum Gasteiger partial charge on any atom is -0.357 e. The van der Waals surface area contributed by atoms with Gasteiger partial charge in [0, 0.05) is 32.6 Å². The molecule has 23 heavy (non-hydrogen) atoms. The number of thioether (sulfide) groups is 1. The third-order valence-corrected chi connectivity index (χ3v) is 3.90. The van der Waals surface area contributed by atoms with Gasteiger partial charge in [-0.1, -0.05) is 32.5 Å². The highest BCUT2D eigenvalue weighted by Crippen LogP contribution is 2.16. The van der Waals surface area contributed by atoms with Gasteiger partial charge in [0.05, 0.1) is 0 Å². The summed E-state index contributed by atoms with van der Waals surface area (Å²) < 4.78 is 2.26. The zero-order valence-corrected chi connectivity index (χ0v) is 16.0. The van der Waals surface area contributed by atoms with Crippen molar-refractivity contribution in [1.82, 2.24) is 25.4 Å². The first-order valence-electron chi connectivity index (χ1n) is 8.60. The molecule has 0 aromatic carbocycles. The third kappa shape index (κ3) is 7.24. The molecule has 1 rings (SSSR count). The van der Waals surface area contributed by atoms with Crippen LogP contribution in [0.1, 0.15) is 46.4 Å². The van der Waals surface area contributed by atoms with Crippen LogP contribution in [0, 0.1) is 5.92 Å². The zero-order chi connectivity index (χ0) is 17.1. The number of nitrogens with zero attached hydrogens (tertiary/aromatic N) is 4. The predicted octanol–water partition coefficient (Wildman–Crippen LogP) is 2.55. The molecule has 0 saturated carbocycles. The predicted molar refractivity (Wildman–Crippen MR) is 99.2 cm³/mol. The fourth-order valence-electron chi connectivity index (χ4n) is 2.22. The zero-order valence-electron chi connectivity index (χ0n) is 15.2. The lowest BCUT2D eigenvalue weighted by Crippen LogP contribution is -2.38. The van der Waals surface area contributed by atoms with Gasteiger partial charge in [0.25, 0.3) is 0 Å². The maximum absolute atomic E-state index is 4.51. The highest BCUT2D eigenvalue weighted by molar-refractivity contribution is 7.98. The summed E-state index contributed by atoms with van der Waals surface area (Å²) in [4.78, 5) is 4.51. The van der Waals surface area contributed by atoms with E-state index in [0.29, 0.717) is 5.92 Å². The van der Waals surface area contributed by atoms with Gasteiger partial charge in [0.2, 0.25) is 0 Å². The first-order valence-corrected chi connectivity index (χ1v) is 9.83. The number of aliphatic imine (C=N–C) groups is 1. The summed E-state index contributed by atoms with van der Waals surface area (Å²) in [6.07, 6.45) is 5.06. The maximum atomic E-state index is 4.51. The molecule has 1 heterocycles. The highest BCUT2D eigenvalue weighted by Gasteiger charge is 2.12. The van der Waals surface area contributed by atoms with Crippen LogP contribution in [0.25, 0.3) is 0 Å². The summed E-state index contributed by atoms with van der Waals surface area (Å²) in [5.41, 5.74) is 0. The van der Waals surface area contributed by atoms with Crippen molar-refractivity contribution in [1.29, 1.82) is 0 Å². The van der Waals surface area contributed by atoms with Crippen molar-refractivity contribution in [3.8, 4) is 0 Å². The Morgan fingerprint density at radius 2 is 2.04 bits per heavy atom. The molecule has 0 aliphatic rings. The molecule has 0 fully saturated rings. The Morgan fingerprint density at radius 3 is 2.65 bits per heavy atom. The number of hydrogen-bond donors (Lipinski definition) is 2. The van der Waals surface area contributed by atoms with Gasteiger partial charge >= 0.3 is 0 Å². The monoisotopic (exact) mass is 340 g/mol. The number of rotatable bonds is 10. The molecule has 2 N–H and O–H groups in total. The molecule has 0 saturated heterocycles. The van der Waals surface area contributed by atoms with Gasteiger partial charge < -0.3 is 15.2 Å². The molecule has 0 aliphatic heterocycles. The van der Waals surface area contributed by atoms with Crippen LogP contribution in [-0.4, -0.2) is 46.6 Å². The first kappa shape index (κ1) is 19.8. The van der Waals surface area contributed by atoms with E-state index in [9.17, 15) is 0 Å². The van der Waals surface area contributed by atoms with Crippen molar-refractivity contribution in [2.75, 3.05) is 25.9 Å². The molecule has 0 aliphatic carbocycles. The molecule has 0 spiro atoms. The molecular weight excluding hydrogens is 308 g/mol. The Labute approximate surface area is 144 Å². The van der Waals surface area contributed by atoms with Crippen molar-refractivity contribution in [2.24, 2.45) is 10.9 Å². The van der Waals surface area contributed by atoms with E-state index in [0.717, 1.165) is 62.4 Å². The van der Waals surface area contributed by atoms with E-state index < -0.39 is 0 Å². The lowest BCUT2D eigenvalue weighted by molar-refractivity contribution is 0.477. The van der Waals surface area contributed by atoms with Gasteiger partial charge in [0.15, 0.2) is 11.1 Å². The normalized spacial score (nSPS) is 12.0. The second-order valence-corrected chi connectivity index (χ2v) is 6.67. The second-order valence-electron chi connectivity index (χ2n) is 5.90. The van der Waals surface area contributed by atoms with E-state index in [-0.39, 0.29) is 0 Å². The lowest BCUT2D eigenvalue weighted by atomic mass is 10.2. The minimum atomic E-state index is 0.593. The van der Waals surface area contributed by atoms with Gasteiger partial charge in [-0.15, -0.1) is 10.2 Å². The highest BCUT2D eigenvalue weighted by atomic mass is 32.2. The van der Waals surface area contributed by atoms with E-state index in [4.69, 9.17) is 0 Å². The average Bonchev–Trinajstić information content (AvgIpc) is 2.90. The van der Waals surface area contributed by atoms with Crippen LogP contribution in [0.3, 0.4) is 0 Å². The summed E-state index contributed by atoms with van der Waals surface area (Å²) in [7, 11) is 0. The first-order chi connectivity index (χ1) is 11.1. The van der Waals surface area contributed by atoms with Crippen LogP contribution in [0.5, 0.6) is 0 Å². The van der Waals surface area contributed by atoms with Crippen molar-refractivity contribution in [2.45, 2.75) is 58.7 Å². The molecule has 0 amide bonds. The smallest absolute Gasteiger partial charge is 0.191 e. The number of aromatic nitrogens is 3.